The largest absolute Gasteiger partial charge is 1.00 e. The second kappa shape index (κ2) is 3.67. The van der Waals surface area contributed by atoms with Crippen molar-refractivity contribution < 1.29 is 31.0 Å². The van der Waals surface area contributed by atoms with Crippen LogP contribution in [0.2, 0.25) is 0 Å². The van der Waals surface area contributed by atoms with Crippen LogP contribution in [0.3, 0.4) is 0 Å². The number of rotatable bonds is 0. The number of nitrogens with two attached hydrogens (primary N) is 1. The van der Waals surface area contributed by atoms with E-state index in [0.29, 0.717) is 0 Å². The zero-order valence-electron chi connectivity index (χ0n) is 10.1. The zero-order chi connectivity index (χ0) is 8.81. The summed E-state index contributed by atoms with van der Waals surface area (Å²) in [5, 5.41) is 0. The van der Waals surface area contributed by atoms with Crippen LogP contribution in [-0.2, 0) is 0 Å². The van der Waals surface area contributed by atoms with E-state index in [1.54, 1.807) is 0 Å². The first-order valence-corrected chi connectivity index (χ1v) is 4.04. The van der Waals surface area contributed by atoms with Crippen molar-refractivity contribution in [1.82, 2.24) is 0 Å². The second-order valence-corrected chi connectivity index (χ2v) is 3.70. The van der Waals surface area contributed by atoms with Gasteiger partial charge in [-0.15, -0.1) is 0 Å². The van der Waals surface area contributed by atoms with Gasteiger partial charge in [0.05, 0.1) is 5.54 Å². The summed E-state index contributed by atoms with van der Waals surface area (Å²) in [5.74, 6) is 0. The summed E-state index contributed by atoms with van der Waals surface area (Å²) in [6, 6.07) is 0. The maximum atomic E-state index is 6.13. The normalized spacial score (nSPS) is 21.5. The minimum absolute atomic E-state index is 0. The summed E-state index contributed by atoms with van der Waals surface area (Å²) in [6.07, 6.45) is 0. The Morgan fingerprint density at radius 1 is 1.00 bits per heavy atom. The van der Waals surface area contributed by atoms with Crippen LogP contribution in [0.25, 0.3) is 0 Å². The molecule has 0 spiro atoms. The Morgan fingerprint density at radius 2 is 1.25 bits per heavy atom. The van der Waals surface area contributed by atoms with Gasteiger partial charge in [0, 0.05) is 0 Å². The van der Waals surface area contributed by atoms with Gasteiger partial charge in [-0.1, -0.05) is 0 Å². The average Bonchev–Trinajstić information content (AvgIpc) is 2.06. The van der Waals surface area contributed by atoms with E-state index in [1.165, 1.54) is 22.3 Å². The standard InChI is InChI=1S/C10H17N.Na.H/c1-6-7(2)9(4)10(5,11)8(6)3;;/h11H2,1-5H3;;/q;+1;-1. The Balaban J connectivity index is 0. The molecule has 0 aromatic rings. The molecule has 0 atom stereocenters. The van der Waals surface area contributed by atoms with E-state index in [1.807, 2.05) is 0 Å². The molecular weight excluding hydrogens is 157 g/mol. The predicted octanol–water partition coefficient (Wildman–Crippen LogP) is -0.493. The maximum absolute atomic E-state index is 6.13. The number of hydrogen-bond donors (Lipinski definition) is 1. The van der Waals surface area contributed by atoms with Crippen molar-refractivity contribution >= 4 is 0 Å². The van der Waals surface area contributed by atoms with Gasteiger partial charge < -0.3 is 7.16 Å². The van der Waals surface area contributed by atoms with Gasteiger partial charge in [-0.05, 0) is 56.9 Å². The molecule has 2 heteroatoms. The van der Waals surface area contributed by atoms with Crippen LogP contribution >= 0.6 is 0 Å². The van der Waals surface area contributed by atoms with E-state index in [0.717, 1.165) is 0 Å². The first-order valence-electron chi connectivity index (χ1n) is 4.04. The Labute approximate surface area is 98.9 Å². The fourth-order valence-corrected chi connectivity index (χ4v) is 1.62. The Hall–Kier alpha value is 0.440. The fraction of sp³-hybridized carbons (Fsp3) is 0.600. The molecule has 1 aliphatic carbocycles. The molecule has 2 N–H and O–H groups in total. The van der Waals surface area contributed by atoms with Gasteiger partial charge in [0.25, 0.3) is 0 Å². The van der Waals surface area contributed by atoms with E-state index >= 15 is 0 Å². The number of hydrogen-bond acceptors (Lipinski definition) is 1. The third-order valence-corrected chi connectivity index (χ3v) is 3.25. The average molecular weight is 175 g/mol. The summed E-state index contributed by atoms with van der Waals surface area (Å²) in [6.45, 7) is 10.6. The summed E-state index contributed by atoms with van der Waals surface area (Å²) < 4.78 is 0. The van der Waals surface area contributed by atoms with Crippen LogP contribution in [0.15, 0.2) is 22.3 Å². The fourth-order valence-electron chi connectivity index (χ4n) is 1.62. The molecule has 1 rings (SSSR count). The molecule has 0 radical (unpaired) electrons. The molecule has 0 fully saturated rings. The van der Waals surface area contributed by atoms with E-state index in [-0.39, 0.29) is 36.5 Å². The summed E-state index contributed by atoms with van der Waals surface area (Å²) in [5.41, 5.74) is 11.3. The van der Waals surface area contributed by atoms with Crippen molar-refractivity contribution in [3.63, 3.8) is 0 Å². The molecule has 0 heterocycles. The third kappa shape index (κ3) is 1.56. The molecule has 1 nitrogen and oxygen atoms in total. The first-order chi connectivity index (χ1) is 4.89. The Bertz CT molecular complexity index is 238. The van der Waals surface area contributed by atoms with E-state index < -0.39 is 0 Å². The molecule has 0 aromatic carbocycles. The smallest absolute Gasteiger partial charge is 1.00 e. The monoisotopic (exact) mass is 175 g/mol. The van der Waals surface area contributed by atoms with Crippen molar-refractivity contribution in [1.29, 1.82) is 0 Å². The van der Waals surface area contributed by atoms with Crippen molar-refractivity contribution in [3.8, 4) is 0 Å². The minimum Gasteiger partial charge on any atom is -1.00 e. The van der Waals surface area contributed by atoms with Crippen LogP contribution in [0.4, 0.5) is 0 Å². The SMILES string of the molecule is CC1=C(C)C(C)(N)C(C)=C1C.[H-].[Na+]. The molecule has 64 valence electrons. The topological polar surface area (TPSA) is 26.0 Å². The molecular formula is C10H18NNa. The third-order valence-electron chi connectivity index (χ3n) is 3.25. The van der Waals surface area contributed by atoms with Crippen LogP contribution in [-0.4, -0.2) is 5.54 Å². The molecule has 0 amide bonds. The van der Waals surface area contributed by atoms with E-state index in [4.69, 9.17) is 5.73 Å². The van der Waals surface area contributed by atoms with E-state index in [9.17, 15) is 0 Å². The second-order valence-electron chi connectivity index (χ2n) is 3.70. The molecule has 0 saturated carbocycles. The van der Waals surface area contributed by atoms with Gasteiger partial charge in [-0.25, -0.2) is 0 Å². The van der Waals surface area contributed by atoms with Crippen molar-refractivity contribution in [2.45, 2.75) is 40.2 Å². The molecule has 12 heavy (non-hydrogen) atoms. The molecule has 0 aliphatic heterocycles. The van der Waals surface area contributed by atoms with Gasteiger partial charge in [-0.3, -0.25) is 0 Å². The van der Waals surface area contributed by atoms with Crippen LogP contribution in [0.1, 0.15) is 36.0 Å². The van der Waals surface area contributed by atoms with Crippen molar-refractivity contribution in [3.05, 3.63) is 22.3 Å². The van der Waals surface area contributed by atoms with Crippen molar-refractivity contribution in [2.24, 2.45) is 5.73 Å². The van der Waals surface area contributed by atoms with Crippen molar-refractivity contribution in [2.75, 3.05) is 0 Å². The quantitative estimate of drug-likeness (QED) is 0.494. The van der Waals surface area contributed by atoms with Gasteiger partial charge in [0.15, 0.2) is 0 Å². The Kier molecular flexibility index (Phi) is 3.80. The van der Waals surface area contributed by atoms with Gasteiger partial charge in [-0.2, -0.15) is 0 Å². The van der Waals surface area contributed by atoms with Gasteiger partial charge in [0.2, 0.25) is 0 Å². The number of allylic oxidation sites excluding steroid dienone is 2. The van der Waals surface area contributed by atoms with Crippen LogP contribution in [0, 0.1) is 0 Å². The first kappa shape index (κ1) is 12.4. The summed E-state index contributed by atoms with van der Waals surface area (Å²) in [7, 11) is 0. The molecule has 0 unspecified atom stereocenters. The van der Waals surface area contributed by atoms with Gasteiger partial charge in [0.1, 0.15) is 0 Å². The molecule has 0 aromatic heterocycles. The van der Waals surface area contributed by atoms with Crippen LogP contribution in [0.5, 0.6) is 0 Å². The maximum Gasteiger partial charge on any atom is 1.00 e. The van der Waals surface area contributed by atoms with E-state index in [2.05, 4.69) is 34.6 Å². The zero-order valence-corrected chi connectivity index (χ0v) is 11.1. The summed E-state index contributed by atoms with van der Waals surface area (Å²) in [4.78, 5) is 0. The summed E-state index contributed by atoms with van der Waals surface area (Å²) >= 11 is 0. The molecule has 1 aliphatic rings. The molecule has 0 bridgehead atoms. The predicted molar refractivity (Wildman–Crippen MR) is 50.5 cm³/mol. The molecule has 0 saturated heterocycles. The van der Waals surface area contributed by atoms with Crippen LogP contribution < -0.4 is 35.3 Å². The Morgan fingerprint density at radius 3 is 1.33 bits per heavy atom. The van der Waals surface area contributed by atoms with Gasteiger partial charge >= 0.3 is 29.6 Å². The minimum atomic E-state index is -0.186.